The highest BCUT2D eigenvalue weighted by Gasteiger charge is 2.32. The molecule has 3 nitrogen and oxygen atoms in total. The molecule has 3 heteroatoms. The number of benzene rings is 1. The molecule has 0 radical (unpaired) electrons. The van der Waals surface area contributed by atoms with Crippen molar-refractivity contribution >= 4 is 0 Å². The number of ether oxygens (including phenoxy) is 1. The Bertz CT molecular complexity index is 351. The number of hydrogen-bond acceptors (Lipinski definition) is 3. The monoisotopic (exact) mass is 222 g/mol. The molecule has 3 atom stereocenters. The normalized spacial score (nSPS) is 30.1. The fourth-order valence-corrected chi connectivity index (χ4v) is 2.47. The van der Waals surface area contributed by atoms with Gasteiger partial charge in [-0.15, -0.1) is 0 Å². The largest absolute Gasteiger partial charge is 0.496 e. The van der Waals surface area contributed by atoms with Crippen LogP contribution in [0.1, 0.15) is 30.7 Å². The average molecular weight is 222 g/mol. The Labute approximate surface area is 95.7 Å². The van der Waals surface area contributed by atoms with E-state index in [0.717, 1.165) is 24.2 Å². The van der Waals surface area contributed by atoms with Gasteiger partial charge in [-0.2, -0.15) is 0 Å². The van der Waals surface area contributed by atoms with E-state index in [4.69, 9.17) is 4.74 Å². The van der Waals surface area contributed by atoms with Gasteiger partial charge in [0.05, 0.1) is 19.3 Å². The molecule has 0 saturated heterocycles. The smallest absolute Gasteiger partial charge is 0.122 e. The van der Waals surface area contributed by atoms with E-state index < -0.39 is 12.2 Å². The van der Waals surface area contributed by atoms with Crippen LogP contribution in [-0.2, 0) is 0 Å². The number of para-hydroxylation sites is 1. The topological polar surface area (TPSA) is 49.7 Å². The zero-order valence-corrected chi connectivity index (χ0v) is 9.47. The van der Waals surface area contributed by atoms with E-state index in [2.05, 4.69) is 0 Å². The summed E-state index contributed by atoms with van der Waals surface area (Å²) < 4.78 is 5.29. The molecule has 0 aliphatic heterocycles. The molecule has 0 aromatic heterocycles. The second kappa shape index (κ2) is 4.85. The number of aliphatic hydroxyl groups is 2. The van der Waals surface area contributed by atoms with Crippen LogP contribution in [0.5, 0.6) is 5.75 Å². The van der Waals surface area contributed by atoms with Crippen molar-refractivity contribution < 1.29 is 14.9 Å². The molecule has 1 aliphatic rings. The molecule has 2 N–H and O–H groups in total. The lowest BCUT2D eigenvalue weighted by Gasteiger charge is -2.32. The molecule has 0 unspecified atom stereocenters. The fraction of sp³-hybridized carbons (Fsp3) is 0.538. The summed E-state index contributed by atoms with van der Waals surface area (Å²) in [6.45, 7) is 0. The van der Waals surface area contributed by atoms with Gasteiger partial charge in [0, 0.05) is 5.92 Å². The maximum atomic E-state index is 10.0. The molecule has 0 amide bonds. The highest BCUT2D eigenvalue weighted by atomic mass is 16.5. The molecule has 2 rings (SSSR count). The molecule has 1 aliphatic carbocycles. The molecule has 0 heterocycles. The Kier molecular flexibility index (Phi) is 3.46. The highest BCUT2D eigenvalue weighted by molar-refractivity contribution is 5.37. The van der Waals surface area contributed by atoms with Gasteiger partial charge in [0.25, 0.3) is 0 Å². The van der Waals surface area contributed by atoms with Crippen LogP contribution in [0.25, 0.3) is 0 Å². The van der Waals surface area contributed by atoms with Crippen molar-refractivity contribution in [2.45, 2.75) is 37.4 Å². The minimum Gasteiger partial charge on any atom is -0.496 e. The summed E-state index contributed by atoms with van der Waals surface area (Å²) >= 11 is 0. The van der Waals surface area contributed by atoms with Gasteiger partial charge in [-0.25, -0.2) is 0 Å². The number of aliphatic hydroxyl groups excluding tert-OH is 2. The SMILES string of the molecule is COc1ccccc1[C@H]1CCC[C@@H](O)[C@@H]1O. The zero-order chi connectivity index (χ0) is 11.5. The Balaban J connectivity index is 2.28. The van der Waals surface area contributed by atoms with Crippen LogP contribution >= 0.6 is 0 Å². The van der Waals surface area contributed by atoms with Crippen LogP contribution in [0.3, 0.4) is 0 Å². The lowest BCUT2D eigenvalue weighted by molar-refractivity contribution is -0.0231. The molecule has 1 aromatic rings. The van der Waals surface area contributed by atoms with E-state index in [1.54, 1.807) is 7.11 Å². The molecule has 88 valence electrons. The third kappa shape index (κ3) is 2.06. The Morgan fingerprint density at radius 2 is 1.94 bits per heavy atom. The first-order valence-corrected chi connectivity index (χ1v) is 5.73. The van der Waals surface area contributed by atoms with Crippen LogP contribution in [0.4, 0.5) is 0 Å². The molecule has 1 aromatic carbocycles. The van der Waals surface area contributed by atoms with Crippen molar-refractivity contribution in [3.8, 4) is 5.75 Å². The maximum Gasteiger partial charge on any atom is 0.122 e. The first-order valence-electron chi connectivity index (χ1n) is 5.73. The van der Waals surface area contributed by atoms with Gasteiger partial charge >= 0.3 is 0 Å². The van der Waals surface area contributed by atoms with Crippen LogP contribution < -0.4 is 4.74 Å². The molecule has 0 bridgehead atoms. The van der Waals surface area contributed by atoms with Gasteiger partial charge in [-0.3, -0.25) is 0 Å². The summed E-state index contributed by atoms with van der Waals surface area (Å²) in [4.78, 5) is 0. The molecular weight excluding hydrogens is 204 g/mol. The van der Waals surface area contributed by atoms with Crippen molar-refractivity contribution in [1.82, 2.24) is 0 Å². The van der Waals surface area contributed by atoms with Gasteiger partial charge in [-0.05, 0) is 24.5 Å². The van der Waals surface area contributed by atoms with Crippen LogP contribution in [0, 0.1) is 0 Å². The third-order valence-corrected chi connectivity index (χ3v) is 3.36. The average Bonchev–Trinajstić information content (AvgIpc) is 2.33. The van der Waals surface area contributed by atoms with Gasteiger partial charge < -0.3 is 14.9 Å². The summed E-state index contributed by atoms with van der Waals surface area (Å²) in [5.74, 6) is 0.778. The highest BCUT2D eigenvalue weighted by Crippen LogP contribution is 2.37. The van der Waals surface area contributed by atoms with E-state index in [-0.39, 0.29) is 5.92 Å². The van der Waals surface area contributed by atoms with E-state index >= 15 is 0 Å². The fourth-order valence-electron chi connectivity index (χ4n) is 2.47. The number of rotatable bonds is 2. The van der Waals surface area contributed by atoms with E-state index in [9.17, 15) is 10.2 Å². The summed E-state index contributed by atoms with van der Waals surface area (Å²) in [6.07, 6.45) is 1.25. The Hall–Kier alpha value is -1.06. The molecule has 0 spiro atoms. The summed E-state index contributed by atoms with van der Waals surface area (Å²) in [6, 6.07) is 7.70. The van der Waals surface area contributed by atoms with Crippen LogP contribution in [0.2, 0.25) is 0 Å². The quantitative estimate of drug-likeness (QED) is 0.800. The Morgan fingerprint density at radius 1 is 1.19 bits per heavy atom. The standard InChI is InChI=1S/C13H18O3/c1-16-12-8-3-2-5-9(12)10-6-4-7-11(14)13(10)15/h2-3,5,8,10-11,13-15H,4,6-7H2,1H3/t10-,11-,13-/m1/s1. The molecular formula is C13H18O3. The lowest BCUT2D eigenvalue weighted by atomic mass is 9.80. The number of methoxy groups -OCH3 is 1. The summed E-state index contributed by atoms with van der Waals surface area (Å²) in [7, 11) is 1.63. The molecule has 1 saturated carbocycles. The second-order valence-corrected chi connectivity index (χ2v) is 4.34. The lowest BCUT2D eigenvalue weighted by Crippen LogP contribution is -2.36. The summed E-state index contributed by atoms with van der Waals surface area (Å²) in [5, 5.41) is 19.7. The van der Waals surface area contributed by atoms with E-state index in [0.29, 0.717) is 6.42 Å². The minimum atomic E-state index is -0.676. The van der Waals surface area contributed by atoms with Crippen molar-refractivity contribution in [3.05, 3.63) is 29.8 Å². The van der Waals surface area contributed by atoms with Crippen LogP contribution in [0.15, 0.2) is 24.3 Å². The van der Waals surface area contributed by atoms with E-state index in [1.165, 1.54) is 0 Å². The van der Waals surface area contributed by atoms with Crippen molar-refractivity contribution in [3.63, 3.8) is 0 Å². The van der Waals surface area contributed by atoms with E-state index in [1.807, 2.05) is 24.3 Å². The minimum absolute atomic E-state index is 0.0140. The van der Waals surface area contributed by atoms with Gasteiger partial charge in [-0.1, -0.05) is 24.6 Å². The molecule has 16 heavy (non-hydrogen) atoms. The Morgan fingerprint density at radius 3 is 2.69 bits per heavy atom. The molecule has 1 fully saturated rings. The maximum absolute atomic E-state index is 10.0. The second-order valence-electron chi connectivity index (χ2n) is 4.34. The predicted octanol–water partition coefficient (Wildman–Crippen LogP) is 1.68. The van der Waals surface area contributed by atoms with Crippen LogP contribution in [-0.4, -0.2) is 29.5 Å². The van der Waals surface area contributed by atoms with Crippen molar-refractivity contribution in [1.29, 1.82) is 0 Å². The van der Waals surface area contributed by atoms with Crippen molar-refractivity contribution in [2.75, 3.05) is 7.11 Å². The van der Waals surface area contributed by atoms with Gasteiger partial charge in [0.1, 0.15) is 5.75 Å². The summed E-state index contributed by atoms with van der Waals surface area (Å²) in [5.41, 5.74) is 0.997. The number of hydrogen-bond donors (Lipinski definition) is 2. The van der Waals surface area contributed by atoms with Gasteiger partial charge in [0.2, 0.25) is 0 Å². The van der Waals surface area contributed by atoms with Crippen molar-refractivity contribution in [2.24, 2.45) is 0 Å². The zero-order valence-electron chi connectivity index (χ0n) is 9.47. The first kappa shape index (κ1) is 11.4. The van der Waals surface area contributed by atoms with Gasteiger partial charge in [0.15, 0.2) is 0 Å². The first-order chi connectivity index (χ1) is 7.74. The third-order valence-electron chi connectivity index (χ3n) is 3.36. The predicted molar refractivity (Wildman–Crippen MR) is 61.6 cm³/mol.